The van der Waals surface area contributed by atoms with Crippen LogP contribution < -0.4 is 9.64 Å². The summed E-state index contributed by atoms with van der Waals surface area (Å²) in [7, 11) is 5.17. The van der Waals surface area contributed by atoms with Crippen molar-refractivity contribution in [3.8, 4) is 5.75 Å². The Morgan fingerprint density at radius 3 is 2.50 bits per heavy atom. The average Bonchev–Trinajstić information content (AvgIpc) is 3.22. The van der Waals surface area contributed by atoms with Gasteiger partial charge in [-0.05, 0) is 61.1 Å². The van der Waals surface area contributed by atoms with Crippen LogP contribution in [0.1, 0.15) is 49.7 Å². The van der Waals surface area contributed by atoms with Gasteiger partial charge in [-0.15, -0.1) is 0 Å². The van der Waals surface area contributed by atoms with Crippen LogP contribution in [0, 0.1) is 11.7 Å². The smallest absolute Gasteiger partial charge is 0.309 e. The first-order valence-electron chi connectivity index (χ1n) is 10.7. The number of halogens is 1. The summed E-state index contributed by atoms with van der Waals surface area (Å²) in [6, 6.07) is 12.9. The summed E-state index contributed by atoms with van der Waals surface area (Å²) in [5.74, 6) is 0.0109. The zero-order chi connectivity index (χ0) is 21.7. The molecule has 2 aromatic carbocycles. The van der Waals surface area contributed by atoms with E-state index in [0.29, 0.717) is 0 Å². The highest BCUT2D eigenvalue weighted by atomic mass is 19.1. The van der Waals surface area contributed by atoms with Gasteiger partial charge in [0.15, 0.2) is 0 Å². The number of anilines is 1. The third-order valence-corrected chi connectivity index (χ3v) is 6.32. The third-order valence-electron chi connectivity index (χ3n) is 6.32. The molecule has 0 bridgehead atoms. The Bertz CT molecular complexity index is 852. The Morgan fingerprint density at radius 1 is 1.13 bits per heavy atom. The van der Waals surface area contributed by atoms with Crippen molar-refractivity contribution in [3.63, 3.8) is 0 Å². The van der Waals surface area contributed by atoms with E-state index in [9.17, 15) is 9.18 Å². The maximum atomic E-state index is 13.5. The summed E-state index contributed by atoms with van der Waals surface area (Å²) in [5.41, 5.74) is 3.26. The van der Waals surface area contributed by atoms with E-state index in [1.807, 2.05) is 6.07 Å². The van der Waals surface area contributed by atoms with Gasteiger partial charge in [0, 0.05) is 19.0 Å². The summed E-state index contributed by atoms with van der Waals surface area (Å²) in [6.45, 7) is 2.19. The fourth-order valence-electron chi connectivity index (χ4n) is 4.69. The minimum absolute atomic E-state index is 0.0768. The highest BCUT2D eigenvalue weighted by Gasteiger charge is 2.44. The number of rotatable bonds is 8. The van der Waals surface area contributed by atoms with Crippen LogP contribution in [0.25, 0.3) is 0 Å². The predicted molar refractivity (Wildman–Crippen MR) is 118 cm³/mol. The average molecular weight is 414 g/mol. The lowest BCUT2D eigenvalue weighted by atomic mass is 9.85. The topological polar surface area (TPSA) is 38.8 Å². The SMILES string of the molecule is CCCCc1ccc(OC)c(N(C)C2CCC(C(=O)OC)C2c2ccc(F)cc2)c1. The van der Waals surface area contributed by atoms with Gasteiger partial charge in [0.1, 0.15) is 11.6 Å². The zero-order valence-electron chi connectivity index (χ0n) is 18.4. The van der Waals surface area contributed by atoms with Gasteiger partial charge in [-0.2, -0.15) is 0 Å². The van der Waals surface area contributed by atoms with Gasteiger partial charge < -0.3 is 14.4 Å². The summed E-state index contributed by atoms with van der Waals surface area (Å²) >= 11 is 0. The highest BCUT2D eigenvalue weighted by molar-refractivity contribution is 5.75. The number of ether oxygens (including phenoxy) is 2. The van der Waals surface area contributed by atoms with Gasteiger partial charge >= 0.3 is 5.97 Å². The van der Waals surface area contributed by atoms with Crippen molar-refractivity contribution >= 4 is 11.7 Å². The van der Waals surface area contributed by atoms with Crippen molar-refractivity contribution in [2.75, 3.05) is 26.2 Å². The number of methoxy groups -OCH3 is 2. The van der Waals surface area contributed by atoms with Gasteiger partial charge in [-0.1, -0.05) is 31.5 Å². The maximum Gasteiger partial charge on any atom is 0.309 e. The lowest BCUT2D eigenvalue weighted by Gasteiger charge is -2.34. The molecule has 3 atom stereocenters. The number of hydrogen-bond acceptors (Lipinski definition) is 4. The Hall–Kier alpha value is -2.56. The molecule has 0 N–H and O–H groups in total. The number of likely N-dealkylation sites (N-methyl/N-ethyl adjacent to an activating group) is 1. The molecule has 3 unspecified atom stereocenters. The van der Waals surface area contributed by atoms with Gasteiger partial charge in [0.2, 0.25) is 0 Å². The van der Waals surface area contributed by atoms with Crippen molar-refractivity contribution in [3.05, 3.63) is 59.4 Å². The lowest BCUT2D eigenvalue weighted by molar-refractivity contribution is -0.145. The number of nitrogens with zero attached hydrogens (tertiary/aromatic N) is 1. The largest absolute Gasteiger partial charge is 0.495 e. The molecule has 0 amide bonds. The van der Waals surface area contributed by atoms with Crippen LogP contribution in [0.4, 0.5) is 10.1 Å². The van der Waals surface area contributed by atoms with Gasteiger partial charge in [-0.25, -0.2) is 4.39 Å². The molecule has 0 aliphatic heterocycles. The second kappa shape index (κ2) is 9.96. The van der Waals surface area contributed by atoms with E-state index < -0.39 is 0 Å². The number of carbonyl (C=O) groups is 1. The summed E-state index contributed by atoms with van der Waals surface area (Å²) in [5, 5.41) is 0. The highest BCUT2D eigenvalue weighted by Crippen LogP contribution is 2.45. The van der Waals surface area contributed by atoms with E-state index >= 15 is 0 Å². The van der Waals surface area contributed by atoms with Gasteiger partial charge in [0.05, 0.1) is 25.8 Å². The van der Waals surface area contributed by atoms with Crippen molar-refractivity contribution in [1.82, 2.24) is 0 Å². The van der Waals surface area contributed by atoms with Gasteiger partial charge in [0.25, 0.3) is 0 Å². The van der Waals surface area contributed by atoms with Crippen LogP contribution >= 0.6 is 0 Å². The standard InChI is InChI=1S/C25H32FNO3/c1-5-6-7-17-8-15-23(29-3)22(16-17)27(2)21-14-13-20(25(28)30-4)24(21)18-9-11-19(26)12-10-18/h8-12,15-16,20-21,24H,5-7,13-14H2,1-4H3. The van der Waals surface area contributed by atoms with Crippen molar-refractivity contribution < 1.29 is 18.7 Å². The van der Waals surface area contributed by atoms with Crippen LogP contribution in [0.3, 0.4) is 0 Å². The fourth-order valence-corrected chi connectivity index (χ4v) is 4.69. The molecular weight excluding hydrogens is 381 g/mol. The lowest BCUT2D eigenvalue weighted by Crippen LogP contribution is -2.36. The van der Waals surface area contributed by atoms with Crippen LogP contribution in [0.2, 0.25) is 0 Å². The van der Waals surface area contributed by atoms with Crippen molar-refractivity contribution in [2.24, 2.45) is 5.92 Å². The molecule has 0 aromatic heterocycles. The van der Waals surface area contributed by atoms with Crippen LogP contribution in [0.5, 0.6) is 5.75 Å². The van der Waals surface area contributed by atoms with E-state index in [1.54, 1.807) is 19.2 Å². The van der Waals surface area contributed by atoms with Crippen LogP contribution in [-0.4, -0.2) is 33.3 Å². The molecule has 1 aliphatic carbocycles. The first-order chi connectivity index (χ1) is 14.5. The number of carbonyl (C=O) groups excluding carboxylic acids is 1. The first kappa shape index (κ1) is 22.1. The molecule has 1 aliphatic rings. The molecule has 3 rings (SSSR count). The van der Waals surface area contributed by atoms with E-state index in [-0.39, 0.29) is 29.7 Å². The first-order valence-corrected chi connectivity index (χ1v) is 10.7. The molecule has 30 heavy (non-hydrogen) atoms. The Kier molecular flexibility index (Phi) is 7.35. The number of hydrogen-bond donors (Lipinski definition) is 0. The van der Waals surface area contributed by atoms with Crippen LogP contribution in [0.15, 0.2) is 42.5 Å². The molecule has 1 fully saturated rings. The van der Waals surface area contributed by atoms with Crippen molar-refractivity contribution in [1.29, 1.82) is 0 Å². The number of esters is 1. The normalized spacial score (nSPS) is 20.8. The molecule has 0 spiro atoms. The number of aryl methyl sites for hydroxylation is 1. The molecule has 162 valence electrons. The van der Waals surface area contributed by atoms with E-state index in [1.165, 1.54) is 24.8 Å². The second-order valence-corrected chi connectivity index (χ2v) is 8.07. The molecule has 4 nitrogen and oxygen atoms in total. The predicted octanol–water partition coefficient (Wildman–Crippen LogP) is 5.35. The fraction of sp³-hybridized carbons (Fsp3) is 0.480. The minimum atomic E-state index is -0.276. The number of benzene rings is 2. The van der Waals surface area contributed by atoms with Crippen LogP contribution in [-0.2, 0) is 16.0 Å². The molecule has 0 radical (unpaired) electrons. The second-order valence-electron chi connectivity index (χ2n) is 8.07. The Morgan fingerprint density at radius 2 is 1.87 bits per heavy atom. The Labute approximate surface area is 179 Å². The van der Waals surface area contributed by atoms with E-state index in [0.717, 1.165) is 49.1 Å². The Balaban J connectivity index is 1.97. The zero-order valence-corrected chi connectivity index (χ0v) is 18.4. The van der Waals surface area contributed by atoms with Crippen molar-refractivity contribution in [2.45, 2.75) is 51.0 Å². The maximum absolute atomic E-state index is 13.5. The van der Waals surface area contributed by atoms with Gasteiger partial charge in [-0.3, -0.25) is 4.79 Å². The minimum Gasteiger partial charge on any atom is -0.495 e. The quantitative estimate of drug-likeness (QED) is 0.547. The summed E-state index contributed by atoms with van der Waals surface area (Å²) in [6.07, 6.45) is 4.90. The molecule has 0 heterocycles. The number of unbranched alkanes of at least 4 members (excludes halogenated alkanes) is 1. The summed E-state index contributed by atoms with van der Waals surface area (Å²) in [4.78, 5) is 14.8. The third kappa shape index (κ3) is 4.61. The van der Waals surface area contributed by atoms with E-state index in [2.05, 4.69) is 31.0 Å². The summed E-state index contributed by atoms with van der Waals surface area (Å²) < 4.78 is 24.3. The monoisotopic (exact) mass is 413 g/mol. The van der Waals surface area contributed by atoms with E-state index in [4.69, 9.17) is 9.47 Å². The molecule has 5 heteroatoms. The molecule has 1 saturated carbocycles. The molecular formula is C25H32FNO3. The molecule has 0 saturated heterocycles. The molecule has 2 aromatic rings.